The molecule has 1 fully saturated rings. The maximum absolute atomic E-state index is 13.3. The number of carbonyl (C=O) groups is 1. The van der Waals surface area contributed by atoms with E-state index in [-0.39, 0.29) is 11.9 Å². The summed E-state index contributed by atoms with van der Waals surface area (Å²) in [5, 5.41) is 5.08. The van der Waals surface area contributed by atoms with Crippen molar-refractivity contribution in [2.75, 3.05) is 26.7 Å². The van der Waals surface area contributed by atoms with E-state index < -0.39 is 0 Å². The van der Waals surface area contributed by atoms with Crippen molar-refractivity contribution in [3.63, 3.8) is 0 Å². The number of amides is 1. The minimum atomic E-state index is 0.0207. The zero-order chi connectivity index (χ0) is 19.5. The van der Waals surface area contributed by atoms with Crippen molar-refractivity contribution in [3.8, 4) is 0 Å². The third-order valence-corrected chi connectivity index (χ3v) is 5.57. The minimum Gasteiger partial charge on any atom is -0.329 e. The van der Waals surface area contributed by atoms with Crippen LogP contribution >= 0.6 is 11.6 Å². The molecule has 1 aromatic heterocycles. The lowest BCUT2D eigenvalue weighted by atomic mass is 10.0. The Hall–Kier alpha value is -2.63. The molecule has 5 nitrogen and oxygen atoms in total. The van der Waals surface area contributed by atoms with Gasteiger partial charge in [0.05, 0.1) is 24.3 Å². The van der Waals surface area contributed by atoms with Crippen LogP contribution in [0.5, 0.6) is 0 Å². The molecule has 1 aliphatic heterocycles. The molecule has 0 radical (unpaired) electrons. The lowest BCUT2D eigenvalue weighted by molar-refractivity contribution is 0.0498. The Balaban J connectivity index is 1.55. The summed E-state index contributed by atoms with van der Waals surface area (Å²) in [5.41, 5.74) is 2.75. The van der Waals surface area contributed by atoms with Gasteiger partial charge < -0.3 is 9.80 Å². The van der Waals surface area contributed by atoms with Crippen LogP contribution in [0.25, 0.3) is 0 Å². The van der Waals surface area contributed by atoms with Gasteiger partial charge in [0.25, 0.3) is 5.91 Å². The van der Waals surface area contributed by atoms with Crippen LogP contribution < -0.4 is 0 Å². The first-order valence-corrected chi connectivity index (χ1v) is 9.80. The number of piperazine rings is 1. The first-order valence-electron chi connectivity index (χ1n) is 9.42. The molecule has 0 spiro atoms. The fraction of sp³-hybridized carbons (Fsp3) is 0.273. The molecule has 144 valence electrons. The van der Waals surface area contributed by atoms with Crippen LogP contribution in [0.1, 0.15) is 27.5 Å². The number of likely N-dealkylation sites (N-methyl/N-ethyl adjacent to an activating group) is 1. The summed E-state index contributed by atoms with van der Waals surface area (Å²) in [6.07, 6.45) is 3.46. The topological polar surface area (TPSA) is 41.4 Å². The Morgan fingerprint density at radius 1 is 1.11 bits per heavy atom. The molecule has 0 saturated carbocycles. The molecule has 6 heteroatoms. The molecule has 4 rings (SSSR count). The quantitative estimate of drug-likeness (QED) is 0.677. The van der Waals surface area contributed by atoms with Crippen LogP contribution in [0.4, 0.5) is 0 Å². The summed E-state index contributed by atoms with van der Waals surface area (Å²) in [5.74, 6) is 0.0207. The van der Waals surface area contributed by atoms with Crippen molar-refractivity contribution in [2.45, 2.75) is 12.6 Å². The van der Waals surface area contributed by atoms with Crippen LogP contribution in [0.2, 0.25) is 5.02 Å². The zero-order valence-corrected chi connectivity index (χ0v) is 16.6. The second-order valence-corrected chi connectivity index (χ2v) is 7.61. The van der Waals surface area contributed by atoms with E-state index in [9.17, 15) is 4.79 Å². The second-order valence-electron chi connectivity index (χ2n) is 7.21. The number of benzene rings is 2. The summed E-state index contributed by atoms with van der Waals surface area (Å²) < 4.78 is 1.77. The lowest BCUT2D eigenvalue weighted by Gasteiger charge is -2.40. The van der Waals surface area contributed by atoms with E-state index in [4.69, 9.17) is 11.6 Å². The van der Waals surface area contributed by atoms with Gasteiger partial charge >= 0.3 is 0 Å². The Kier molecular flexibility index (Phi) is 5.46. The van der Waals surface area contributed by atoms with Gasteiger partial charge in [0.1, 0.15) is 0 Å². The number of hydrogen-bond donors (Lipinski definition) is 0. The van der Waals surface area contributed by atoms with Gasteiger partial charge in [-0.05, 0) is 24.2 Å². The molecule has 28 heavy (non-hydrogen) atoms. The molecule has 1 saturated heterocycles. The number of carbonyl (C=O) groups excluding carboxylic acids is 1. The predicted molar refractivity (Wildman–Crippen MR) is 110 cm³/mol. The monoisotopic (exact) mass is 394 g/mol. The fourth-order valence-corrected chi connectivity index (χ4v) is 3.85. The number of halogens is 1. The van der Waals surface area contributed by atoms with Crippen molar-refractivity contribution in [2.24, 2.45) is 0 Å². The fourth-order valence-electron chi connectivity index (χ4n) is 3.65. The predicted octanol–water partition coefficient (Wildman–Crippen LogP) is 3.71. The summed E-state index contributed by atoms with van der Waals surface area (Å²) >= 11 is 6.24. The van der Waals surface area contributed by atoms with Gasteiger partial charge in [0.2, 0.25) is 0 Å². The highest BCUT2D eigenvalue weighted by molar-refractivity contribution is 6.31. The van der Waals surface area contributed by atoms with Crippen LogP contribution in [0.15, 0.2) is 67.0 Å². The third-order valence-electron chi connectivity index (χ3n) is 5.20. The standard InChI is InChI=1S/C22H23ClN4O/c1-25-11-12-27(21(16-25)17-7-3-2-4-8-17)22(28)19-13-24-26(15-19)14-18-9-5-6-10-20(18)23/h2-10,13,15,21H,11-12,14,16H2,1H3/t21-/m1/s1. The van der Waals surface area contributed by atoms with E-state index in [0.717, 1.165) is 24.2 Å². The van der Waals surface area contributed by atoms with Gasteiger partial charge in [0, 0.05) is 30.9 Å². The van der Waals surface area contributed by atoms with Gasteiger partial charge in [-0.2, -0.15) is 5.10 Å². The molecule has 2 aromatic carbocycles. The van der Waals surface area contributed by atoms with Crippen molar-refractivity contribution < 1.29 is 4.79 Å². The number of aromatic nitrogens is 2. The van der Waals surface area contributed by atoms with Gasteiger partial charge in [-0.25, -0.2) is 0 Å². The molecule has 0 unspecified atom stereocenters. The Morgan fingerprint density at radius 2 is 1.86 bits per heavy atom. The number of rotatable bonds is 4. The van der Waals surface area contributed by atoms with Crippen LogP contribution in [0.3, 0.4) is 0 Å². The molecule has 1 amide bonds. The maximum atomic E-state index is 13.3. The van der Waals surface area contributed by atoms with Gasteiger partial charge in [-0.1, -0.05) is 60.1 Å². The second kappa shape index (κ2) is 8.17. The van der Waals surface area contributed by atoms with E-state index >= 15 is 0 Å². The molecule has 1 aliphatic rings. The first-order chi connectivity index (χ1) is 13.6. The normalized spacial score (nSPS) is 17.6. The zero-order valence-electron chi connectivity index (χ0n) is 15.8. The first kappa shape index (κ1) is 18.7. The average Bonchev–Trinajstić information content (AvgIpc) is 3.18. The van der Waals surface area contributed by atoms with Crippen LogP contribution in [-0.4, -0.2) is 52.2 Å². The van der Waals surface area contributed by atoms with E-state index in [1.54, 1.807) is 10.9 Å². The molecule has 3 aromatic rings. The summed E-state index contributed by atoms with van der Waals surface area (Å²) in [4.78, 5) is 17.5. The third kappa shape index (κ3) is 3.96. The number of hydrogen-bond acceptors (Lipinski definition) is 3. The molecule has 0 aliphatic carbocycles. The Labute approximate surface area is 170 Å². The van der Waals surface area contributed by atoms with E-state index in [0.29, 0.717) is 23.7 Å². The van der Waals surface area contributed by atoms with Crippen molar-refractivity contribution >= 4 is 17.5 Å². The highest BCUT2D eigenvalue weighted by atomic mass is 35.5. The van der Waals surface area contributed by atoms with Crippen molar-refractivity contribution in [1.29, 1.82) is 0 Å². The summed E-state index contributed by atoms with van der Waals surface area (Å²) in [7, 11) is 2.10. The van der Waals surface area contributed by atoms with Crippen LogP contribution in [0, 0.1) is 0 Å². The minimum absolute atomic E-state index is 0.0207. The Bertz CT molecular complexity index is 956. The highest BCUT2D eigenvalue weighted by Gasteiger charge is 2.31. The van der Waals surface area contributed by atoms with Gasteiger partial charge in [0.15, 0.2) is 0 Å². The highest BCUT2D eigenvalue weighted by Crippen LogP contribution is 2.26. The van der Waals surface area contributed by atoms with E-state index in [1.165, 1.54) is 0 Å². The Morgan fingerprint density at radius 3 is 2.64 bits per heavy atom. The average molecular weight is 395 g/mol. The molecule has 0 bridgehead atoms. The van der Waals surface area contributed by atoms with Gasteiger partial charge in [-0.15, -0.1) is 0 Å². The molecule has 1 atom stereocenters. The van der Waals surface area contributed by atoms with Gasteiger partial charge in [-0.3, -0.25) is 9.48 Å². The smallest absolute Gasteiger partial charge is 0.257 e. The molecular formula is C22H23ClN4O. The molecular weight excluding hydrogens is 372 g/mol. The lowest BCUT2D eigenvalue weighted by Crippen LogP contribution is -2.49. The van der Waals surface area contributed by atoms with E-state index in [2.05, 4.69) is 29.2 Å². The maximum Gasteiger partial charge on any atom is 0.257 e. The number of nitrogens with zero attached hydrogens (tertiary/aromatic N) is 4. The largest absolute Gasteiger partial charge is 0.329 e. The van der Waals surface area contributed by atoms with Crippen molar-refractivity contribution in [1.82, 2.24) is 19.6 Å². The molecule has 0 N–H and O–H groups in total. The SMILES string of the molecule is CN1CCN(C(=O)c2cnn(Cc3ccccc3Cl)c2)[C@@H](c2ccccc2)C1. The van der Waals surface area contributed by atoms with Crippen molar-refractivity contribution in [3.05, 3.63) is 88.7 Å². The molecule has 2 heterocycles. The summed E-state index contributed by atoms with van der Waals surface area (Å²) in [6, 6.07) is 17.9. The van der Waals surface area contributed by atoms with E-state index in [1.807, 2.05) is 53.6 Å². The van der Waals surface area contributed by atoms with Crippen LogP contribution in [-0.2, 0) is 6.54 Å². The summed E-state index contributed by atoms with van der Waals surface area (Å²) in [6.45, 7) is 2.93.